The number of nitrogens with one attached hydrogen (secondary N) is 1. The third kappa shape index (κ3) is 4.72. The van der Waals surface area contributed by atoms with Crippen molar-refractivity contribution in [2.45, 2.75) is 45.7 Å². The molecule has 7 nitrogen and oxygen atoms in total. The number of piperidine rings is 1. The summed E-state index contributed by atoms with van der Waals surface area (Å²) >= 11 is 0. The van der Waals surface area contributed by atoms with Crippen molar-refractivity contribution >= 4 is 29.1 Å². The van der Waals surface area contributed by atoms with E-state index in [-0.39, 0.29) is 30.3 Å². The number of nitrogens with zero attached hydrogens (tertiary/aromatic N) is 3. The van der Waals surface area contributed by atoms with Crippen molar-refractivity contribution in [2.24, 2.45) is 0 Å². The van der Waals surface area contributed by atoms with Crippen molar-refractivity contribution in [2.75, 3.05) is 36.0 Å². The van der Waals surface area contributed by atoms with Gasteiger partial charge in [-0.2, -0.15) is 0 Å². The topological polar surface area (TPSA) is 73.0 Å². The standard InChI is InChI=1S/C26H32N4O3/c1-3-28(4-2)25(32)20-13-14-21-23(16-20)30(26(33)22-12-8-9-15-29(21)22)18-24(31)27-17-19-10-6-5-7-11-19/h5-7,10-11,13-14,16,22H,3-4,8-9,12,15,17-18H2,1-2H3,(H,27,31)/t22-/m0/s1. The maximum Gasteiger partial charge on any atom is 0.253 e. The molecule has 174 valence electrons. The minimum Gasteiger partial charge on any atom is -0.358 e. The zero-order valence-electron chi connectivity index (χ0n) is 19.4. The van der Waals surface area contributed by atoms with Crippen molar-refractivity contribution in [1.29, 1.82) is 0 Å². The Balaban J connectivity index is 1.61. The lowest BCUT2D eigenvalue weighted by atomic mass is 9.95. The van der Waals surface area contributed by atoms with E-state index in [4.69, 9.17) is 0 Å². The van der Waals surface area contributed by atoms with Crippen LogP contribution >= 0.6 is 0 Å². The van der Waals surface area contributed by atoms with E-state index in [0.717, 1.165) is 37.1 Å². The number of carbonyl (C=O) groups excluding carboxylic acids is 3. The van der Waals surface area contributed by atoms with Crippen LogP contribution in [0.25, 0.3) is 0 Å². The second kappa shape index (κ2) is 10.1. The Bertz CT molecular complexity index is 1020. The van der Waals surface area contributed by atoms with E-state index in [2.05, 4.69) is 10.2 Å². The molecule has 2 heterocycles. The molecule has 2 aliphatic rings. The summed E-state index contributed by atoms with van der Waals surface area (Å²) in [6, 6.07) is 15.0. The molecule has 2 aromatic carbocycles. The first-order valence-electron chi connectivity index (χ1n) is 11.9. The minimum atomic E-state index is -0.252. The van der Waals surface area contributed by atoms with Gasteiger partial charge in [-0.05, 0) is 56.9 Å². The van der Waals surface area contributed by atoms with Gasteiger partial charge in [0.15, 0.2) is 0 Å². The molecule has 0 radical (unpaired) electrons. The molecule has 1 atom stereocenters. The fourth-order valence-electron chi connectivity index (χ4n) is 4.74. The van der Waals surface area contributed by atoms with Crippen molar-refractivity contribution in [3.05, 3.63) is 59.7 Å². The Labute approximate surface area is 195 Å². The fraction of sp³-hybridized carbons (Fsp3) is 0.423. The van der Waals surface area contributed by atoms with E-state index in [1.165, 1.54) is 0 Å². The lowest BCUT2D eigenvalue weighted by molar-refractivity contribution is -0.125. The molecule has 1 fully saturated rings. The Morgan fingerprint density at radius 2 is 1.79 bits per heavy atom. The number of fused-ring (bicyclic) bond motifs is 3. The molecular formula is C26H32N4O3. The Kier molecular flexibility index (Phi) is 6.96. The number of hydrogen-bond acceptors (Lipinski definition) is 4. The van der Waals surface area contributed by atoms with E-state index in [1.807, 2.05) is 56.3 Å². The van der Waals surface area contributed by atoms with Crippen molar-refractivity contribution < 1.29 is 14.4 Å². The molecule has 33 heavy (non-hydrogen) atoms. The normalized spacial score (nSPS) is 17.3. The molecule has 0 unspecified atom stereocenters. The molecule has 7 heteroatoms. The van der Waals surface area contributed by atoms with Crippen LogP contribution in [0.2, 0.25) is 0 Å². The summed E-state index contributed by atoms with van der Waals surface area (Å²) in [7, 11) is 0. The first-order chi connectivity index (χ1) is 16.0. The molecule has 0 aliphatic carbocycles. The number of amides is 3. The number of hydrogen-bond donors (Lipinski definition) is 1. The van der Waals surface area contributed by atoms with Gasteiger partial charge in [0.2, 0.25) is 11.8 Å². The van der Waals surface area contributed by atoms with Crippen LogP contribution in [0.1, 0.15) is 49.0 Å². The van der Waals surface area contributed by atoms with Crippen LogP contribution in [0.4, 0.5) is 11.4 Å². The summed E-state index contributed by atoms with van der Waals surface area (Å²) in [5.41, 5.74) is 3.11. The molecular weight excluding hydrogens is 416 g/mol. The van der Waals surface area contributed by atoms with E-state index < -0.39 is 0 Å². The quantitative estimate of drug-likeness (QED) is 0.706. The lowest BCUT2D eigenvalue weighted by Gasteiger charge is -2.45. The Morgan fingerprint density at radius 1 is 1.03 bits per heavy atom. The summed E-state index contributed by atoms with van der Waals surface area (Å²) in [6.45, 7) is 6.28. The highest BCUT2D eigenvalue weighted by atomic mass is 16.2. The van der Waals surface area contributed by atoms with Crippen LogP contribution < -0.4 is 15.1 Å². The summed E-state index contributed by atoms with van der Waals surface area (Å²) in [4.78, 5) is 44.7. The maximum atomic E-state index is 13.5. The average molecular weight is 449 g/mol. The Hall–Kier alpha value is -3.35. The van der Waals surface area contributed by atoms with Crippen LogP contribution in [-0.4, -0.2) is 54.8 Å². The summed E-state index contributed by atoms with van der Waals surface area (Å²) < 4.78 is 0. The monoisotopic (exact) mass is 448 g/mol. The molecule has 1 saturated heterocycles. The highest BCUT2D eigenvalue weighted by molar-refractivity contribution is 6.09. The van der Waals surface area contributed by atoms with Gasteiger partial charge in [-0.1, -0.05) is 30.3 Å². The van der Waals surface area contributed by atoms with Gasteiger partial charge < -0.3 is 15.1 Å². The number of anilines is 2. The number of rotatable bonds is 7. The Morgan fingerprint density at radius 3 is 2.52 bits per heavy atom. The van der Waals surface area contributed by atoms with Crippen molar-refractivity contribution in [3.8, 4) is 0 Å². The van der Waals surface area contributed by atoms with Gasteiger partial charge in [-0.3, -0.25) is 19.3 Å². The first kappa shape index (κ1) is 22.8. The third-order valence-corrected chi connectivity index (χ3v) is 6.56. The van der Waals surface area contributed by atoms with Crippen LogP contribution in [0.3, 0.4) is 0 Å². The predicted molar refractivity (Wildman–Crippen MR) is 129 cm³/mol. The summed E-state index contributed by atoms with van der Waals surface area (Å²) in [6.07, 6.45) is 2.80. The van der Waals surface area contributed by atoms with E-state index >= 15 is 0 Å². The predicted octanol–water partition coefficient (Wildman–Crippen LogP) is 3.19. The zero-order chi connectivity index (χ0) is 23.4. The lowest BCUT2D eigenvalue weighted by Crippen LogP contribution is -2.57. The van der Waals surface area contributed by atoms with Crippen LogP contribution in [0.15, 0.2) is 48.5 Å². The van der Waals surface area contributed by atoms with Gasteiger partial charge >= 0.3 is 0 Å². The van der Waals surface area contributed by atoms with E-state index in [1.54, 1.807) is 15.9 Å². The molecule has 0 bridgehead atoms. The molecule has 1 N–H and O–H groups in total. The van der Waals surface area contributed by atoms with Gasteiger partial charge in [0.25, 0.3) is 5.91 Å². The molecule has 0 aromatic heterocycles. The molecule has 0 spiro atoms. The molecule has 0 saturated carbocycles. The van der Waals surface area contributed by atoms with Crippen LogP contribution in [0, 0.1) is 0 Å². The van der Waals surface area contributed by atoms with E-state index in [0.29, 0.717) is 30.9 Å². The zero-order valence-corrected chi connectivity index (χ0v) is 19.4. The van der Waals surface area contributed by atoms with Gasteiger partial charge in [-0.15, -0.1) is 0 Å². The molecule has 2 aliphatic heterocycles. The third-order valence-electron chi connectivity index (χ3n) is 6.56. The second-order valence-corrected chi connectivity index (χ2v) is 8.57. The second-order valence-electron chi connectivity index (χ2n) is 8.57. The van der Waals surface area contributed by atoms with Crippen LogP contribution in [-0.2, 0) is 16.1 Å². The summed E-state index contributed by atoms with van der Waals surface area (Å²) in [5.74, 6) is -0.350. The number of benzene rings is 2. The maximum absolute atomic E-state index is 13.5. The average Bonchev–Trinajstić information content (AvgIpc) is 2.86. The minimum absolute atomic E-state index is 0.0636. The first-order valence-corrected chi connectivity index (χ1v) is 11.9. The van der Waals surface area contributed by atoms with Crippen molar-refractivity contribution in [3.63, 3.8) is 0 Å². The van der Waals surface area contributed by atoms with Gasteiger partial charge in [0.1, 0.15) is 12.6 Å². The van der Waals surface area contributed by atoms with Gasteiger partial charge in [0.05, 0.1) is 11.4 Å². The highest BCUT2D eigenvalue weighted by Gasteiger charge is 2.40. The molecule has 4 rings (SSSR count). The number of carbonyl (C=O) groups is 3. The largest absolute Gasteiger partial charge is 0.358 e. The van der Waals surface area contributed by atoms with Crippen molar-refractivity contribution in [1.82, 2.24) is 10.2 Å². The fourth-order valence-corrected chi connectivity index (χ4v) is 4.74. The molecule has 2 aromatic rings. The smallest absolute Gasteiger partial charge is 0.253 e. The SMILES string of the molecule is CCN(CC)C(=O)c1ccc2c(c1)N(CC(=O)NCc1ccccc1)C(=O)[C@@H]1CCCCN21. The summed E-state index contributed by atoms with van der Waals surface area (Å²) in [5, 5.41) is 2.92. The van der Waals surface area contributed by atoms with Crippen LogP contribution in [0.5, 0.6) is 0 Å². The van der Waals surface area contributed by atoms with E-state index in [9.17, 15) is 14.4 Å². The highest BCUT2D eigenvalue weighted by Crippen LogP contribution is 2.40. The van der Waals surface area contributed by atoms with Gasteiger partial charge in [0, 0.05) is 31.7 Å². The van der Waals surface area contributed by atoms with Gasteiger partial charge in [-0.25, -0.2) is 0 Å². The molecule has 3 amide bonds.